The van der Waals surface area contributed by atoms with Crippen LogP contribution in [0.15, 0.2) is 18.2 Å². The van der Waals surface area contributed by atoms with E-state index in [1.807, 2.05) is 30.1 Å². The van der Waals surface area contributed by atoms with E-state index in [9.17, 15) is 4.79 Å². The first-order valence-electron chi connectivity index (χ1n) is 5.70. The lowest BCUT2D eigenvalue weighted by Gasteiger charge is -2.23. The van der Waals surface area contributed by atoms with Gasteiger partial charge in [0.2, 0.25) is 5.91 Å². The van der Waals surface area contributed by atoms with E-state index in [4.69, 9.17) is 15.2 Å². The van der Waals surface area contributed by atoms with E-state index in [1.54, 1.807) is 21.1 Å². The summed E-state index contributed by atoms with van der Waals surface area (Å²) in [4.78, 5) is 13.0. The average Bonchev–Trinajstić information content (AvgIpc) is 2.37. The zero-order chi connectivity index (χ0) is 13.7. The highest BCUT2D eigenvalue weighted by molar-refractivity contribution is 5.79. The molecule has 1 rings (SSSR count). The Hall–Kier alpha value is -1.75. The van der Waals surface area contributed by atoms with Gasteiger partial charge in [-0.15, -0.1) is 0 Å². The third-order valence-electron chi connectivity index (χ3n) is 2.99. The van der Waals surface area contributed by atoms with Gasteiger partial charge in [0.15, 0.2) is 0 Å². The topological polar surface area (TPSA) is 64.8 Å². The summed E-state index contributed by atoms with van der Waals surface area (Å²) in [5.74, 6) is 1.13. The SMILES string of the molecule is COc1ccc(CN(C)[C@@H](C)C(N)=O)c(OC)c1. The smallest absolute Gasteiger partial charge is 0.234 e. The second-order valence-electron chi connectivity index (χ2n) is 4.17. The van der Waals surface area contributed by atoms with Crippen molar-refractivity contribution in [2.75, 3.05) is 21.3 Å². The van der Waals surface area contributed by atoms with Gasteiger partial charge in [0.25, 0.3) is 0 Å². The van der Waals surface area contributed by atoms with Gasteiger partial charge in [0.05, 0.1) is 20.3 Å². The fourth-order valence-corrected chi connectivity index (χ4v) is 1.61. The summed E-state index contributed by atoms with van der Waals surface area (Å²) in [7, 11) is 5.06. The fourth-order valence-electron chi connectivity index (χ4n) is 1.61. The Kier molecular flexibility index (Phi) is 4.97. The number of rotatable bonds is 6. The number of hydrogen-bond donors (Lipinski definition) is 1. The first-order valence-corrected chi connectivity index (χ1v) is 5.70. The minimum atomic E-state index is -0.343. The molecule has 18 heavy (non-hydrogen) atoms. The first kappa shape index (κ1) is 14.3. The van der Waals surface area contributed by atoms with Gasteiger partial charge in [-0.1, -0.05) is 6.07 Å². The molecule has 1 atom stereocenters. The van der Waals surface area contributed by atoms with Gasteiger partial charge >= 0.3 is 0 Å². The maximum absolute atomic E-state index is 11.1. The van der Waals surface area contributed by atoms with E-state index in [2.05, 4.69) is 0 Å². The van der Waals surface area contributed by atoms with Crippen LogP contribution in [-0.2, 0) is 11.3 Å². The number of ether oxygens (including phenoxy) is 2. The monoisotopic (exact) mass is 252 g/mol. The standard InChI is InChI=1S/C13H20N2O3/c1-9(13(14)16)15(2)8-10-5-6-11(17-3)7-12(10)18-4/h5-7,9H,8H2,1-4H3,(H2,14,16)/t9-/m0/s1. The molecule has 0 aliphatic rings. The number of methoxy groups -OCH3 is 2. The molecule has 1 aromatic rings. The molecule has 5 heteroatoms. The Labute approximate surface area is 107 Å². The average molecular weight is 252 g/mol. The molecule has 0 saturated carbocycles. The summed E-state index contributed by atoms with van der Waals surface area (Å²) < 4.78 is 10.4. The highest BCUT2D eigenvalue weighted by atomic mass is 16.5. The van der Waals surface area contributed by atoms with Gasteiger partial charge in [-0.25, -0.2) is 0 Å². The molecular formula is C13H20N2O3. The Morgan fingerprint density at radius 3 is 2.56 bits per heavy atom. The second kappa shape index (κ2) is 6.26. The lowest BCUT2D eigenvalue weighted by atomic mass is 10.1. The van der Waals surface area contributed by atoms with Crippen LogP contribution in [0.4, 0.5) is 0 Å². The summed E-state index contributed by atoms with van der Waals surface area (Å²) in [5, 5.41) is 0. The van der Waals surface area contributed by atoms with Crippen LogP contribution in [0, 0.1) is 0 Å². The number of primary amides is 1. The van der Waals surface area contributed by atoms with E-state index in [1.165, 1.54) is 0 Å². The molecule has 0 saturated heterocycles. The zero-order valence-corrected chi connectivity index (χ0v) is 11.3. The van der Waals surface area contributed by atoms with Crippen molar-refractivity contribution in [2.45, 2.75) is 19.5 Å². The molecule has 1 aromatic carbocycles. The van der Waals surface area contributed by atoms with Crippen LogP contribution < -0.4 is 15.2 Å². The van der Waals surface area contributed by atoms with Crippen molar-refractivity contribution in [3.63, 3.8) is 0 Å². The maximum Gasteiger partial charge on any atom is 0.234 e. The van der Waals surface area contributed by atoms with Crippen LogP contribution in [-0.4, -0.2) is 38.1 Å². The third-order valence-corrected chi connectivity index (χ3v) is 2.99. The van der Waals surface area contributed by atoms with Crippen molar-refractivity contribution in [1.29, 1.82) is 0 Å². The van der Waals surface area contributed by atoms with E-state index >= 15 is 0 Å². The number of benzene rings is 1. The van der Waals surface area contributed by atoms with Crippen LogP contribution in [0.25, 0.3) is 0 Å². The van der Waals surface area contributed by atoms with E-state index in [0.717, 1.165) is 17.1 Å². The number of carbonyl (C=O) groups excluding carboxylic acids is 1. The summed E-state index contributed by atoms with van der Waals surface area (Å²) in [5.41, 5.74) is 6.26. The van der Waals surface area contributed by atoms with E-state index < -0.39 is 0 Å². The number of hydrogen-bond acceptors (Lipinski definition) is 4. The second-order valence-corrected chi connectivity index (χ2v) is 4.17. The van der Waals surface area contributed by atoms with Crippen LogP contribution in [0.5, 0.6) is 11.5 Å². The number of amides is 1. The molecule has 0 bridgehead atoms. The van der Waals surface area contributed by atoms with Crippen LogP contribution in [0.2, 0.25) is 0 Å². The van der Waals surface area contributed by atoms with Crippen molar-refractivity contribution in [1.82, 2.24) is 4.90 Å². The fraction of sp³-hybridized carbons (Fsp3) is 0.462. The number of nitrogens with two attached hydrogens (primary N) is 1. The predicted octanol–water partition coefficient (Wildman–Crippen LogP) is 1.01. The summed E-state index contributed by atoms with van der Waals surface area (Å²) in [6.45, 7) is 2.36. The molecule has 0 fully saturated rings. The summed E-state index contributed by atoms with van der Waals surface area (Å²) in [6, 6.07) is 5.28. The highest BCUT2D eigenvalue weighted by Gasteiger charge is 2.16. The number of nitrogens with zero attached hydrogens (tertiary/aromatic N) is 1. The van der Waals surface area contributed by atoms with Crippen LogP contribution in [0.1, 0.15) is 12.5 Å². The van der Waals surface area contributed by atoms with Crippen molar-refractivity contribution >= 4 is 5.91 Å². The molecule has 0 aliphatic carbocycles. The van der Waals surface area contributed by atoms with E-state index in [0.29, 0.717) is 6.54 Å². The zero-order valence-electron chi connectivity index (χ0n) is 11.3. The van der Waals surface area contributed by atoms with Crippen molar-refractivity contribution in [3.05, 3.63) is 23.8 Å². The largest absolute Gasteiger partial charge is 0.497 e. The van der Waals surface area contributed by atoms with Gasteiger partial charge in [-0.3, -0.25) is 9.69 Å². The number of likely N-dealkylation sites (N-methyl/N-ethyl adjacent to an activating group) is 1. The molecule has 100 valence electrons. The molecule has 0 aliphatic heterocycles. The van der Waals surface area contributed by atoms with Crippen molar-refractivity contribution in [2.24, 2.45) is 5.73 Å². The van der Waals surface area contributed by atoms with Crippen LogP contribution in [0.3, 0.4) is 0 Å². The molecule has 0 radical (unpaired) electrons. The summed E-state index contributed by atoms with van der Waals surface area (Å²) >= 11 is 0. The lowest BCUT2D eigenvalue weighted by molar-refractivity contribution is -0.122. The molecule has 0 unspecified atom stereocenters. The molecule has 1 amide bonds. The molecule has 5 nitrogen and oxygen atoms in total. The molecule has 2 N–H and O–H groups in total. The number of carbonyl (C=O) groups is 1. The Morgan fingerprint density at radius 2 is 2.06 bits per heavy atom. The Balaban J connectivity index is 2.87. The maximum atomic E-state index is 11.1. The van der Waals surface area contributed by atoms with Gasteiger partial charge in [0.1, 0.15) is 11.5 Å². The van der Waals surface area contributed by atoms with Gasteiger partial charge in [-0.05, 0) is 20.0 Å². The highest BCUT2D eigenvalue weighted by Crippen LogP contribution is 2.25. The normalized spacial score (nSPS) is 12.3. The minimum absolute atomic E-state index is 0.322. The van der Waals surface area contributed by atoms with Gasteiger partial charge in [0, 0.05) is 18.2 Å². The van der Waals surface area contributed by atoms with Crippen molar-refractivity contribution in [3.8, 4) is 11.5 Å². The molecular weight excluding hydrogens is 232 g/mol. The van der Waals surface area contributed by atoms with Crippen LogP contribution >= 0.6 is 0 Å². The quantitative estimate of drug-likeness (QED) is 0.820. The van der Waals surface area contributed by atoms with E-state index in [-0.39, 0.29) is 11.9 Å². The first-order chi connectivity index (χ1) is 8.49. The summed E-state index contributed by atoms with van der Waals surface area (Å²) in [6.07, 6.45) is 0. The predicted molar refractivity (Wildman–Crippen MR) is 69.7 cm³/mol. The molecule has 0 aromatic heterocycles. The molecule has 0 heterocycles. The molecule has 0 spiro atoms. The van der Waals surface area contributed by atoms with Gasteiger partial charge in [-0.2, -0.15) is 0 Å². The van der Waals surface area contributed by atoms with Gasteiger partial charge < -0.3 is 15.2 Å². The lowest BCUT2D eigenvalue weighted by Crippen LogP contribution is -2.39. The van der Waals surface area contributed by atoms with Crippen molar-refractivity contribution < 1.29 is 14.3 Å². The Bertz CT molecular complexity index is 421. The third kappa shape index (κ3) is 3.37. The minimum Gasteiger partial charge on any atom is -0.497 e. The Morgan fingerprint density at radius 1 is 1.39 bits per heavy atom.